The molecule has 2 aromatic carbocycles. The third-order valence-electron chi connectivity index (χ3n) is 5.16. The van der Waals surface area contributed by atoms with Crippen molar-refractivity contribution in [3.63, 3.8) is 0 Å². The van der Waals surface area contributed by atoms with Gasteiger partial charge in [-0.3, -0.25) is 9.36 Å². The fourth-order valence-corrected chi connectivity index (χ4v) is 4.33. The second kappa shape index (κ2) is 9.15. The highest BCUT2D eigenvalue weighted by Crippen LogP contribution is 2.29. The first-order chi connectivity index (χ1) is 17.2. The molecule has 184 valence electrons. The molecule has 0 atom stereocenters. The van der Waals surface area contributed by atoms with Gasteiger partial charge in [0, 0.05) is 17.8 Å². The molecule has 7 nitrogen and oxygen atoms in total. The van der Waals surface area contributed by atoms with Gasteiger partial charge in [-0.15, -0.1) is 11.3 Å². The van der Waals surface area contributed by atoms with E-state index in [1.54, 1.807) is 23.7 Å². The van der Waals surface area contributed by atoms with Crippen LogP contribution in [-0.2, 0) is 0 Å². The van der Waals surface area contributed by atoms with Crippen LogP contribution >= 0.6 is 11.3 Å². The summed E-state index contributed by atoms with van der Waals surface area (Å²) in [5.41, 5.74) is 2.90. The molecule has 1 N–H and O–H groups in total. The molecule has 0 amide bonds. The van der Waals surface area contributed by atoms with Gasteiger partial charge in [0.1, 0.15) is 12.3 Å². The molecular weight excluding hydrogens is 505 g/mol. The fourth-order valence-electron chi connectivity index (χ4n) is 3.62. The normalized spacial score (nSPS) is 11.9. The Labute approximate surface area is 202 Å². The minimum Gasteiger partial charge on any atom is -0.435 e. The molecule has 13 heteroatoms. The number of rotatable bonds is 6. The van der Waals surface area contributed by atoms with Gasteiger partial charge in [-0.1, -0.05) is 12.1 Å². The van der Waals surface area contributed by atoms with Gasteiger partial charge < -0.3 is 10.1 Å². The number of pyridine rings is 1. The molecule has 0 saturated carbocycles. The SMILES string of the molecule is O=c1c(-c2ccc(OC(F)F)cc2)c2nc(NCC(F)(F)F)ncc2cn1-c1ccc2ncsc2c1. The van der Waals surface area contributed by atoms with E-state index in [1.165, 1.54) is 52.6 Å². The van der Waals surface area contributed by atoms with E-state index in [9.17, 15) is 26.7 Å². The van der Waals surface area contributed by atoms with Crippen molar-refractivity contribution in [2.24, 2.45) is 0 Å². The molecular formula is C23H14F5N5O2S. The Balaban J connectivity index is 1.69. The predicted octanol–water partition coefficient (Wildman–Crippen LogP) is 5.63. The number of halogens is 5. The number of anilines is 1. The van der Waals surface area contributed by atoms with Crippen LogP contribution in [0.4, 0.5) is 27.9 Å². The van der Waals surface area contributed by atoms with E-state index in [0.717, 1.165) is 10.2 Å². The summed E-state index contributed by atoms with van der Waals surface area (Å²) in [6, 6.07) is 10.6. The zero-order chi connectivity index (χ0) is 25.4. The van der Waals surface area contributed by atoms with E-state index >= 15 is 0 Å². The van der Waals surface area contributed by atoms with Crippen LogP contribution in [0.2, 0.25) is 0 Å². The summed E-state index contributed by atoms with van der Waals surface area (Å²) < 4.78 is 69.7. The van der Waals surface area contributed by atoms with Crippen LogP contribution in [0, 0.1) is 0 Å². The number of aromatic nitrogens is 4. The van der Waals surface area contributed by atoms with E-state index in [0.29, 0.717) is 16.6 Å². The molecule has 0 unspecified atom stereocenters. The Morgan fingerprint density at radius 2 is 1.86 bits per heavy atom. The maximum absolute atomic E-state index is 13.7. The number of nitrogens with zero attached hydrogens (tertiary/aromatic N) is 4. The number of hydrogen-bond donors (Lipinski definition) is 1. The molecule has 3 aromatic heterocycles. The Kier molecular flexibility index (Phi) is 6.00. The third-order valence-corrected chi connectivity index (χ3v) is 5.95. The van der Waals surface area contributed by atoms with Gasteiger partial charge in [0.25, 0.3) is 5.56 Å². The lowest BCUT2D eigenvalue weighted by Gasteiger charge is -2.14. The summed E-state index contributed by atoms with van der Waals surface area (Å²) in [6.07, 6.45) is -1.70. The lowest BCUT2D eigenvalue weighted by molar-refractivity contribution is -0.115. The summed E-state index contributed by atoms with van der Waals surface area (Å²) >= 11 is 1.40. The van der Waals surface area contributed by atoms with Crippen molar-refractivity contribution in [3.8, 4) is 22.6 Å². The molecule has 0 bridgehead atoms. The second-order valence-electron chi connectivity index (χ2n) is 7.55. The fraction of sp³-hybridized carbons (Fsp3) is 0.130. The van der Waals surface area contributed by atoms with Crippen molar-refractivity contribution in [2.75, 3.05) is 11.9 Å². The predicted molar refractivity (Wildman–Crippen MR) is 125 cm³/mol. The number of alkyl halides is 5. The minimum absolute atomic E-state index is 0.0537. The van der Waals surface area contributed by atoms with Gasteiger partial charge in [-0.25, -0.2) is 15.0 Å². The average Bonchev–Trinajstić information content (AvgIpc) is 3.30. The van der Waals surface area contributed by atoms with Crippen molar-refractivity contribution < 1.29 is 26.7 Å². The monoisotopic (exact) mass is 519 g/mol. The van der Waals surface area contributed by atoms with E-state index in [2.05, 4.69) is 25.0 Å². The Bertz CT molecular complexity index is 1620. The molecule has 0 aliphatic heterocycles. The van der Waals surface area contributed by atoms with E-state index in [-0.39, 0.29) is 22.8 Å². The molecule has 0 spiro atoms. The van der Waals surface area contributed by atoms with Crippen molar-refractivity contribution >= 4 is 38.4 Å². The van der Waals surface area contributed by atoms with Crippen LogP contribution in [0.1, 0.15) is 0 Å². The van der Waals surface area contributed by atoms with Crippen LogP contribution in [0.15, 0.2) is 65.2 Å². The minimum atomic E-state index is -4.50. The zero-order valence-corrected chi connectivity index (χ0v) is 18.8. The molecule has 0 fully saturated rings. The number of ether oxygens (including phenoxy) is 1. The van der Waals surface area contributed by atoms with Gasteiger partial charge in [0.15, 0.2) is 0 Å². The quantitative estimate of drug-likeness (QED) is 0.293. The van der Waals surface area contributed by atoms with Gasteiger partial charge in [-0.05, 0) is 35.9 Å². The van der Waals surface area contributed by atoms with Crippen LogP contribution in [0.3, 0.4) is 0 Å². The van der Waals surface area contributed by atoms with Crippen LogP contribution in [-0.4, -0.2) is 38.9 Å². The molecule has 3 heterocycles. The highest BCUT2D eigenvalue weighted by Gasteiger charge is 2.27. The number of benzene rings is 2. The van der Waals surface area contributed by atoms with Crippen LogP contribution < -0.4 is 15.6 Å². The Morgan fingerprint density at radius 3 is 2.58 bits per heavy atom. The second-order valence-corrected chi connectivity index (χ2v) is 8.44. The molecule has 5 aromatic rings. The summed E-state index contributed by atoms with van der Waals surface area (Å²) in [5.74, 6) is -0.436. The van der Waals surface area contributed by atoms with Crippen molar-refractivity contribution in [2.45, 2.75) is 12.8 Å². The number of nitrogens with one attached hydrogen (secondary N) is 1. The molecule has 0 saturated heterocycles. The molecule has 0 aliphatic carbocycles. The number of hydrogen-bond acceptors (Lipinski definition) is 7. The van der Waals surface area contributed by atoms with Gasteiger partial charge in [0.2, 0.25) is 5.95 Å². The highest BCUT2D eigenvalue weighted by atomic mass is 32.1. The number of thiazole rings is 1. The molecule has 5 rings (SSSR count). The molecule has 0 aliphatic rings. The third kappa shape index (κ3) is 4.82. The van der Waals surface area contributed by atoms with Gasteiger partial charge >= 0.3 is 12.8 Å². The smallest absolute Gasteiger partial charge is 0.405 e. The molecule has 0 radical (unpaired) electrons. The first-order valence-electron chi connectivity index (χ1n) is 10.3. The van der Waals surface area contributed by atoms with E-state index in [4.69, 9.17) is 0 Å². The van der Waals surface area contributed by atoms with E-state index < -0.39 is 24.9 Å². The summed E-state index contributed by atoms with van der Waals surface area (Å²) in [6.45, 7) is -4.39. The van der Waals surface area contributed by atoms with Gasteiger partial charge in [-0.2, -0.15) is 22.0 Å². The standard InChI is InChI=1S/C23H14F5N5O2S/c24-21(25)35-15-4-1-12(2-5-15)18-19-13(8-29-22(32-19)30-10-23(26,27)28)9-33(20(18)34)14-3-6-16-17(7-14)36-11-31-16/h1-9,11,21H,10H2,(H,30,32). The first-order valence-corrected chi connectivity index (χ1v) is 11.2. The first kappa shape index (κ1) is 23.6. The Hall–Kier alpha value is -4.13. The van der Waals surface area contributed by atoms with Crippen molar-refractivity contribution in [1.29, 1.82) is 0 Å². The van der Waals surface area contributed by atoms with E-state index in [1.807, 2.05) is 0 Å². The largest absolute Gasteiger partial charge is 0.435 e. The van der Waals surface area contributed by atoms with Gasteiger partial charge in [0.05, 0.1) is 32.5 Å². The van der Waals surface area contributed by atoms with Crippen LogP contribution in [0.5, 0.6) is 5.75 Å². The van der Waals surface area contributed by atoms with Crippen molar-refractivity contribution in [3.05, 3.63) is 70.7 Å². The average molecular weight is 519 g/mol. The highest BCUT2D eigenvalue weighted by molar-refractivity contribution is 7.16. The molecule has 36 heavy (non-hydrogen) atoms. The lowest BCUT2D eigenvalue weighted by Crippen LogP contribution is -2.23. The zero-order valence-electron chi connectivity index (χ0n) is 18.0. The lowest BCUT2D eigenvalue weighted by atomic mass is 10.0. The maximum Gasteiger partial charge on any atom is 0.405 e. The summed E-state index contributed by atoms with van der Waals surface area (Å²) in [7, 11) is 0. The number of fused-ring (bicyclic) bond motifs is 2. The topological polar surface area (TPSA) is 81.9 Å². The van der Waals surface area contributed by atoms with Crippen LogP contribution in [0.25, 0.3) is 37.9 Å². The summed E-state index contributed by atoms with van der Waals surface area (Å²) in [5, 5.41) is 2.48. The summed E-state index contributed by atoms with van der Waals surface area (Å²) in [4.78, 5) is 26.0. The van der Waals surface area contributed by atoms with Crippen molar-refractivity contribution in [1.82, 2.24) is 19.5 Å². The Morgan fingerprint density at radius 1 is 1.08 bits per heavy atom. The maximum atomic E-state index is 13.7.